The van der Waals surface area contributed by atoms with E-state index < -0.39 is 17.8 Å². The minimum absolute atomic E-state index is 0.101. The van der Waals surface area contributed by atoms with Gasteiger partial charge in [-0.2, -0.15) is 18.4 Å². The molecule has 0 aromatic heterocycles. The van der Waals surface area contributed by atoms with Crippen molar-refractivity contribution in [1.29, 1.82) is 5.26 Å². The first-order valence-corrected chi connectivity index (χ1v) is 7.37. The molecule has 0 unspecified atom stereocenters. The number of hydrogen-bond donors (Lipinski definition) is 0. The van der Waals surface area contributed by atoms with Crippen LogP contribution in [0.25, 0.3) is 0 Å². The summed E-state index contributed by atoms with van der Waals surface area (Å²) in [6.07, 6.45) is -4.46. The number of hydrogen-bond acceptors (Lipinski definition) is 3. The largest absolute Gasteiger partial charge is 0.416 e. The molecule has 122 valence electrons. The van der Waals surface area contributed by atoms with Crippen LogP contribution >= 0.6 is 0 Å². The molecule has 3 atom stereocenters. The Morgan fingerprint density at radius 1 is 1.39 bits per heavy atom. The highest BCUT2D eigenvalue weighted by Crippen LogP contribution is 2.49. The van der Waals surface area contributed by atoms with E-state index in [9.17, 15) is 18.0 Å². The van der Waals surface area contributed by atoms with Gasteiger partial charge >= 0.3 is 6.18 Å². The maximum atomic E-state index is 12.8. The van der Waals surface area contributed by atoms with Crippen LogP contribution in [0.4, 0.5) is 13.2 Å². The number of nitrogens with zero attached hydrogens (tertiary/aromatic N) is 2. The van der Waals surface area contributed by atoms with Crippen molar-refractivity contribution in [3.63, 3.8) is 0 Å². The van der Waals surface area contributed by atoms with Gasteiger partial charge in [-0.3, -0.25) is 4.79 Å². The Kier molecular flexibility index (Phi) is 4.02. The van der Waals surface area contributed by atoms with E-state index in [-0.39, 0.29) is 24.3 Å². The molecule has 1 saturated carbocycles. The lowest BCUT2D eigenvalue weighted by atomic mass is 10.0. The lowest BCUT2D eigenvalue weighted by molar-refractivity contribution is -0.138. The number of nitriles is 1. The van der Waals surface area contributed by atoms with Crippen molar-refractivity contribution in [3.8, 4) is 6.07 Å². The van der Waals surface area contributed by atoms with Crippen LogP contribution in [-0.4, -0.2) is 36.6 Å². The summed E-state index contributed by atoms with van der Waals surface area (Å²) >= 11 is 0. The first-order chi connectivity index (χ1) is 10.9. The summed E-state index contributed by atoms with van der Waals surface area (Å²) in [4.78, 5) is 14.0. The van der Waals surface area contributed by atoms with Crippen molar-refractivity contribution < 1.29 is 22.7 Å². The fourth-order valence-corrected chi connectivity index (χ4v) is 2.94. The minimum atomic E-state index is -4.38. The van der Waals surface area contributed by atoms with Crippen LogP contribution < -0.4 is 0 Å². The van der Waals surface area contributed by atoms with E-state index in [0.717, 1.165) is 12.1 Å². The molecule has 23 heavy (non-hydrogen) atoms. The quantitative estimate of drug-likeness (QED) is 0.840. The number of benzene rings is 1. The molecule has 0 bridgehead atoms. The van der Waals surface area contributed by atoms with Crippen LogP contribution in [0.5, 0.6) is 0 Å². The van der Waals surface area contributed by atoms with Gasteiger partial charge in [0.2, 0.25) is 5.91 Å². The maximum absolute atomic E-state index is 12.8. The van der Waals surface area contributed by atoms with E-state index in [1.165, 1.54) is 6.07 Å². The molecule has 1 aliphatic carbocycles. The summed E-state index contributed by atoms with van der Waals surface area (Å²) in [5, 5.41) is 8.86. The first kappa shape index (κ1) is 15.8. The molecular formula is C16H15F3N2O2. The van der Waals surface area contributed by atoms with Gasteiger partial charge in [0.25, 0.3) is 0 Å². The summed E-state index contributed by atoms with van der Waals surface area (Å²) in [6.45, 7) is 0.953. The molecule has 0 spiro atoms. The van der Waals surface area contributed by atoms with Crippen molar-refractivity contribution in [1.82, 2.24) is 4.90 Å². The molecule has 3 rings (SSSR count). The Morgan fingerprint density at radius 3 is 2.87 bits per heavy atom. The molecule has 1 aromatic rings. The molecule has 1 aliphatic heterocycles. The lowest BCUT2D eigenvalue weighted by Gasteiger charge is -2.30. The smallest absolute Gasteiger partial charge is 0.360 e. The summed E-state index contributed by atoms with van der Waals surface area (Å²) in [7, 11) is 0. The van der Waals surface area contributed by atoms with Gasteiger partial charge < -0.3 is 9.64 Å². The predicted octanol–water partition coefficient (Wildman–Crippen LogP) is 2.56. The zero-order valence-electron chi connectivity index (χ0n) is 12.2. The van der Waals surface area contributed by atoms with E-state index in [1.54, 1.807) is 11.0 Å². The summed E-state index contributed by atoms with van der Waals surface area (Å²) in [6, 6.07) is 7.13. The average molecular weight is 324 g/mol. The van der Waals surface area contributed by atoms with E-state index in [0.29, 0.717) is 25.1 Å². The van der Waals surface area contributed by atoms with E-state index >= 15 is 0 Å². The van der Waals surface area contributed by atoms with Gasteiger partial charge in [0.05, 0.1) is 24.8 Å². The van der Waals surface area contributed by atoms with Crippen LogP contribution in [0, 0.1) is 17.2 Å². The molecule has 2 aliphatic rings. The van der Waals surface area contributed by atoms with E-state index in [4.69, 9.17) is 10.00 Å². The predicted molar refractivity (Wildman–Crippen MR) is 74.2 cm³/mol. The lowest BCUT2D eigenvalue weighted by Crippen LogP contribution is -2.45. The third-order valence-electron chi connectivity index (χ3n) is 4.27. The molecular weight excluding hydrogens is 309 g/mol. The van der Waals surface area contributed by atoms with Crippen LogP contribution in [-0.2, 0) is 15.7 Å². The molecule has 2 fully saturated rings. The topological polar surface area (TPSA) is 53.3 Å². The second-order valence-electron chi connectivity index (χ2n) is 5.84. The second-order valence-corrected chi connectivity index (χ2v) is 5.84. The third-order valence-corrected chi connectivity index (χ3v) is 4.27. The van der Waals surface area contributed by atoms with Gasteiger partial charge in [-0.25, -0.2) is 0 Å². The van der Waals surface area contributed by atoms with Gasteiger partial charge in [-0.1, -0.05) is 18.2 Å². The van der Waals surface area contributed by atoms with E-state index in [1.807, 2.05) is 6.07 Å². The highest BCUT2D eigenvalue weighted by Gasteiger charge is 2.47. The Morgan fingerprint density at radius 2 is 2.17 bits per heavy atom. The van der Waals surface area contributed by atoms with Crippen molar-refractivity contribution >= 4 is 5.91 Å². The molecule has 4 nitrogen and oxygen atoms in total. The summed E-state index contributed by atoms with van der Waals surface area (Å²) < 4.78 is 43.5. The number of amides is 1. The Labute approximate surface area is 131 Å². The molecule has 1 aromatic carbocycles. The summed E-state index contributed by atoms with van der Waals surface area (Å²) in [5.74, 6) is -0.569. The molecule has 0 N–H and O–H groups in total. The fourth-order valence-electron chi connectivity index (χ4n) is 2.94. The van der Waals surface area contributed by atoms with Gasteiger partial charge in [0.1, 0.15) is 0 Å². The maximum Gasteiger partial charge on any atom is 0.416 e. The highest BCUT2D eigenvalue weighted by molar-refractivity contribution is 5.83. The van der Waals surface area contributed by atoms with Crippen LogP contribution in [0.15, 0.2) is 24.3 Å². The summed E-state index contributed by atoms with van der Waals surface area (Å²) in [5.41, 5.74) is -0.146. The Bertz CT molecular complexity index is 653. The minimum Gasteiger partial charge on any atom is -0.360 e. The second kappa shape index (κ2) is 5.85. The van der Waals surface area contributed by atoms with Gasteiger partial charge in [0.15, 0.2) is 6.10 Å². The highest BCUT2D eigenvalue weighted by atomic mass is 19.4. The monoisotopic (exact) mass is 324 g/mol. The first-order valence-electron chi connectivity index (χ1n) is 7.37. The molecule has 1 amide bonds. The number of carbonyl (C=O) groups excluding carboxylic acids is 1. The van der Waals surface area contributed by atoms with E-state index in [2.05, 4.69) is 0 Å². The standard InChI is InChI=1S/C16H15F3N2O2/c17-16(18,19)11-3-1-2-10(6-11)13-7-14(13)15(22)21-4-5-23-12(8-20)9-21/h1-3,6,12-14H,4-5,7,9H2/t12-,13-,14-/m1/s1. The van der Waals surface area contributed by atoms with Crippen LogP contribution in [0.3, 0.4) is 0 Å². The molecule has 1 saturated heterocycles. The van der Waals surface area contributed by atoms with Crippen LogP contribution in [0.2, 0.25) is 0 Å². The van der Waals surface area contributed by atoms with Crippen molar-refractivity contribution in [2.45, 2.75) is 24.6 Å². The van der Waals surface area contributed by atoms with Gasteiger partial charge in [-0.15, -0.1) is 0 Å². The molecule has 1 heterocycles. The third kappa shape index (κ3) is 3.32. The number of rotatable bonds is 2. The van der Waals surface area contributed by atoms with Crippen LogP contribution in [0.1, 0.15) is 23.5 Å². The number of ether oxygens (including phenoxy) is 1. The zero-order chi connectivity index (χ0) is 16.6. The van der Waals surface area contributed by atoms with Crippen molar-refractivity contribution in [2.75, 3.05) is 19.7 Å². The normalized spacial score (nSPS) is 27.4. The van der Waals surface area contributed by atoms with Crippen molar-refractivity contribution in [3.05, 3.63) is 35.4 Å². The SMILES string of the molecule is N#C[C@@H]1CN(C(=O)[C@@H]2C[C@@H]2c2cccc(C(F)(F)F)c2)CCO1. The zero-order valence-corrected chi connectivity index (χ0v) is 12.2. The fraction of sp³-hybridized carbons (Fsp3) is 0.500. The van der Waals surface area contributed by atoms with Gasteiger partial charge in [-0.05, 0) is 24.0 Å². The Hall–Kier alpha value is -2.07. The molecule has 0 radical (unpaired) electrons. The number of halogens is 3. The average Bonchev–Trinajstić information content (AvgIpc) is 3.34. The van der Waals surface area contributed by atoms with Gasteiger partial charge in [0, 0.05) is 12.5 Å². The van der Waals surface area contributed by atoms with Crippen molar-refractivity contribution in [2.24, 2.45) is 5.92 Å². The number of carbonyl (C=O) groups is 1. The number of alkyl halides is 3. The molecule has 7 heteroatoms. The number of morpholine rings is 1. The Balaban J connectivity index is 1.67.